The zero-order valence-corrected chi connectivity index (χ0v) is 24.0. The van der Waals surface area contributed by atoms with Crippen LogP contribution in [0.1, 0.15) is 70.6 Å². The van der Waals surface area contributed by atoms with Crippen molar-refractivity contribution in [1.29, 1.82) is 0 Å². The Balaban J connectivity index is 1.10. The minimum absolute atomic E-state index is 0.0840. The first-order chi connectivity index (χ1) is 18.4. The van der Waals surface area contributed by atoms with Crippen LogP contribution in [0.3, 0.4) is 0 Å². The van der Waals surface area contributed by atoms with Crippen molar-refractivity contribution in [3.05, 3.63) is 0 Å². The number of piperidine rings is 1. The van der Waals surface area contributed by atoms with Gasteiger partial charge in [0.05, 0.1) is 22.2 Å². The number of halogens is 4. The van der Waals surface area contributed by atoms with Gasteiger partial charge in [-0.25, -0.2) is 18.9 Å². The summed E-state index contributed by atoms with van der Waals surface area (Å²) in [6, 6.07) is -0.960. The predicted molar refractivity (Wildman–Crippen MR) is 141 cm³/mol. The van der Waals surface area contributed by atoms with Gasteiger partial charge in [-0.05, 0) is 76.7 Å². The number of likely N-dealkylation sites (tertiary alicyclic amines) is 1. The molecule has 1 amide bonds. The van der Waals surface area contributed by atoms with Crippen LogP contribution in [-0.2, 0) is 14.6 Å². The highest BCUT2D eigenvalue weighted by molar-refractivity contribution is 7.93. The van der Waals surface area contributed by atoms with Gasteiger partial charge in [0, 0.05) is 44.1 Å². The molecule has 5 unspecified atom stereocenters. The zero-order chi connectivity index (χ0) is 27.7. The number of rotatable bonds is 4. The lowest BCUT2D eigenvalue weighted by Gasteiger charge is -2.53. The number of amides is 1. The molecule has 0 aromatic rings. The van der Waals surface area contributed by atoms with Gasteiger partial charge in [0.2, 0.25) is 5.91 Å². The Bertz CT molecular complexity index is 1020. The van der Waals surface area contributed by atoms with Crippen molar-refractivity contribution in [1.82, 2.24) is 25.6 Å². The monoisotopic (exact) mass is 595 g/mol. The summed E-state index contributed by atoms with van der Waals surface area (Å²) < 4.78 is 68.3. The second-order valence-corrected chi connectivity index (χ2v) is 15.8. The van der Waals surface area contributed by atoms with Gasteiger partial charge in [0.1, 0.15) is 6.04 Å². The normalized spacial score (nSPS) is 43.5. The van der Waals surface area contributed by atoms with Crippen molar-refractivity contribution >= 4 is 27.3 Å². The number of nitrogens with zero attached hydrogens (tertiary/aromatic N) is 3. The Labute approximate surface area is 234 Å². The van der Waals surface area contributed by atoms with E-state index in [2.05, 4.69) is 20.7 Å². The van der Waals surface area contributed by atoms with Crippen LogP contribution in [0.25, 0.3) is 0 Å². The van der Waals surface area contributed by atoms with Crippen LogP contribution in [0.15, 0.2) is 0 Å². The average molecular weight is 596 g/mol. The molecule has 6 rings (SSSR count). The third kappa shape index (κ3) is 5.13. The lowest BCUT2D eigenvalue weighted by atomic mass is 9.78. The molecule has 39 heavy (non-hydrogen) atoms. The second-order valence-electron chi connectivity index (χ2n) is 12.8. The Morgan fingerprint density at radius 3 is 2.31 bits per heavy atom. The molecule has 5 saturated heterocycles. The standard InChI is InChI=1S/C26H41ClF3N5O3S/c1-33(25(36)16-11-18-8-9-19(12-16)39(18,37)38)24(26(28,29)30)15-4-6-17(7-5-15)34-10-2-3-20-21(34)14-31-23-13-22(27)32-35(20)23/h15-24,31-32H,2-14H2,1H3/t15?,16?,17?,18-,19+,20?,21?,22?,23?,24-/m0/s1. The molecule has 6 aliphatic rings. The summed E-state index contributed by atoms with van der Waals surface area (Å²) in [6.45, 7) is 1.81. The molecular formula is C26H41ClF3N5O3S. The van der Waals surface area contributed by atoms with E-state index in [0.717, 1.165) is 37.3 Å². The van der Waals surface area contributed by atoms with E-state index >= 15 is 0 Å². The number of sulfone groups is 1. The van der Waals surface area contributed by atoms with E-state index in [0.29, 0.717) is 50.6 Å². The van der Waals surface area contributed by atoms with E-state index in [1.54, 1.807) is 0 Å². The third-order valence-corrected chi connectivity index (χ3v) is 13.7. The van der Waals surface area contributed by atoms with E-state index in [4.69, 9.17) is 11.6 Å². The molecule has 0 spiro atoms. The predicted octanol–water partition coefficient (Wildman–Crippen LogP) is 2.83. The van der Waals surface area contributed by atoms with Gasteiger partial charge >= 0.3 is 6.18 Å². The number of fused-ring (bicyclic) bond motifs is 5. The van der Waals surface area contributed by atoms with Crippen LogP contribution in [-0.4, -0.2) is 102 Å². The number of carbonyl (C=O) groups excluding carboxylic acids is 1. The summed E-state index contributed by atoms with van der Waals surface area (Å²) in [4.78, 5) is 16.8. The average Bonchev–Trinajstić information content (AvgIpc) is 3.29. The molecule has 2 bridgehead atoms. The molecule has 222 valence electrons. The lowest BCUT2D eigenvalue weighted by molar-refractivity contribution is -0.203. The maximum absolute atomic E-state index is 14.5. The first kappa shape index (κ1) is 28.5. The molecule has 0 aromatic heterocycles. The topological polar surface area (TPSA) is 85.0 Å². The fraction of sp³-hybridized carbons (Fsp3) is 0.962. The zero-order valence-electron chi connectivity index (χ0n) is 22.5. The van der Waals surface area contributed by atoms with Gasteiger partial charge in [0.25, 0.3) is 0 Å². The number of hydrogen-bond acceptors (Lipinski definition) is 7. The van der Waals surface area contributed by atoms with Crippen molar-refractivity contribution in [2.24, 2.45) is 11.8 Å². The number of alkyl halides is 4. The third-order valence-electron chi connectivity index (χ3n) is 10.7. The van der Waals surface area contributed by atoms with Crippen LogP contribution in [0.4, 0.5) is 13.2 Å². The summed E-state index contributed by atoms with van der Waals surface area (Å²) in [6.07, 6.45) is 2.24. The van der Waals surface area contributed by atoms with Crippen LogP contribution in [0, 0.1) is 11.8 Å². The highest BCUT2D eigenvalue weighted by atomic mass is 35.5. The van der Waals surface area contributed by atoms with Crippen molar-refractivity contribution in [2.75, 3.05) is 20.1 Å². The Kier molecular flexibility index (Phi) is 7.70. The van der Waals surface area contributed by atoms with E-state index in [1.807, 2.05) is 0 Å². The summed E-state index contributed by atoms with van der Waals surface area (Å²) in [5.74, 6) is -1.83. The van der Waals surface area contributed by atoms with Crippen molar-refractivity contribution in [3.63, 3.8) is 0 Å². The van der Waals surface area contributed by atoms with Crippen LogP contribution in [0.2, 0.25) is 0 Å². The lowest BCUT2D eigenvalue weighted by Crippen LogP contribution is -2.70. The van der Waals surface area contributed by atoms with Crippen LogP contribution < -0.4 is 10.7 Å². The molecule has 13 heteroatoms. The van der Waals surface area contributed by atoms with Gasteiger partial charge in [-0.15, -0.1) is 11.6 Å². The molecule has 5 heterocycles. The number of carbonyl (C=O) groups is 1. The quantitative estimate of drug-likeness (QED) is 0.382. The minimum atomic E-state index is -4.53. The first-order valence-corrected chi connectivity index (χ1v) is 16.7. The summed E-state index contributed by atoms with van der Waals surface area (Å²) in [5.41, 5.74) is 3.31. The van der Waals surface area contributed by atoms with Gasteiger partial charge in [-0.1, -0.05) is 0 Å². The van der Waals surface area contributed by atoms with E-state index in [-0.39, 0.29) is 30.6 Å². The number of hydrogen-bond donors (Lipinski definition) is 2. The summed E-state index contributed by atoms with van der Waals surface area (Å²) >= 11 is 6.36. The number of nitrogens with one attached hydrogen (secondary N) is 2. The van der Waals surface area contributed by atoms with E-state index < -0.39 is 50.3 Å². The van der Waals surface area contributed by atoms with Gasteiger partial charge in [-0.3, -0.25) is 15.0 Å². The molecule has 8 atom stereocenters. The van der Waals surface area contributed by atoms with Crippen molar-refractivity contribution in [3.8, 4) is 0 Å². The molecular weight excluding hydrogens is 555 g/mol. The fourth-order valence-electron chi connectivity index (χ4n) is 8.86. The van der Waals surface area contributed by atoms with E-state index in [1.165, 1.54) is 7.05 Å². The van der Waals surface area contributed by atoms with Gasteiger partial charge in [-0.2, -0.15) is 13.2 Å². The van der Waals surface area contributed by atoms with Crippen LogP contribution in [0.5, 0.6) is 0 Å². The van der Waals surface area contributed by atoms with Crippen LogP contribution >= 0.6 is 11.6 Å². The molecule has 0 radical (unpaired) electrons. The van der Waals surface area contributed by atoms with E-state index in [9.17, 15) is 26.4 Å². The fourth-order valence-corrected chi connectivity index (χ4v) is 11.6. The molecule has 5 aliphatic heterocycles. The van der Waals surface area contributed by atoms with Crippen molar-refractivity contribution < 1.29 is 26.4 Å². The highest BCUT2D eigenvalue weighted by Crippen LogP contribution is 2.44. The summed E-state index contributed by atoms with van der Waals surface area (Å²) in [5, 5.41) is 4.72. The maximum atomic E-state index is 14.5. The largest absolute Gasteiger partial charge is 0.409 e. The minimum Gasteiger partial charge on any atom is -0.333 e. The molecule has 6 fully saturated rings. The Morgan fingerprint density at radius 1 is 1.00 bits per heavy atom. The molecule has 1 saturated carbocycles. The molecule has 0 aromatic carbocycles. The number of hydrazine groups is 1. The van der Waals surface area contributed by atoms with Gasteiger partial charge < -0.3 is 4.90 Å². The maximum Gasteiger partial charge on any atom is 0.409 e. The first-order valence-electron chi connectivity index (χ1n) is 14.7. The summed E-state index contributed by atoms with van der Waals surface area (Å²) in [7, 11) is -1.96. The van der Waals surface area contributed by atoms with Gasteiger partial charge in [0.15, 0.2) is 9.84 Å². The second kappa shape index (κ2) is 10.6. The molecule has 2 N–H and O–H groups in total. The van der Waals surface area contributed by atoms with Crippen molar-refractivity contribution in [2.45, 2.75) is 123 Å². The smallest absolute Gasteiger partial charge is 0.333 e. The Morgan fingerprint density at radius 2 is 1.67 bits per heavy atom. The molecule has 8 nitrogen and oxygen atoms in total. The highest BCUT2D eigenvalue weighted by Gasteiger charge is 2.54. The molecule has 1 aliphatic carbocycles. The Hall–Kier alpha value is -0.660. The SMILES string of the molecule is CN(C(=O)C1C[C@H]2CC[C@@H](C1)S2(=O)=O)[C@@H](C1CCC(N2CCCC3C2CNC2CC(Cl)NN23)CC1)C(F)(F)F.